The molecule has 1 atom stereocenters. The number of anilines is 1. The van der Waals surface area contributed by atoms with Gasteiger partial charge < -0.3 is 20.1 Å². The second-order valence-electron chi connectivity index (χ2n) is 4.48. The lowest BCUT2D eigenvalue weighted by Gasteiger charge is -2.11. The molecule has 0 radical (unpaired) electrons. The quantitative estimate of drug-likeness (QED) is 0.864. The van der Waals surface area contributed by atoms with E-state index in [0.717, 1.165) is 5.75 Å². The molecule has 1 saturated heterocycles. The molecule has 6 heteroatoms. The van der Waals surface area contributed by atoms with Crippen molar-refractivity contribution in [1.82, 2.24) is 5.32 Å². The van der Waals surface area contributed by atoms with Crippen LogP contribution in [0.5, 0.6) is 5.75 Å². The summed E-state index contributed by atoms with van der Waals surface area (Å²) in [6, 6.07) is 6.40. The summed E-state index contributed by atoms with van der Waals surface area (Å²) >= 11 is 0. The third-order valence-electron chi connectivity index (χ3n) is 2.48. The molecule has 0 spiro atoms. The molecule has 19 heavy (non-hydrogen) atoms. The van der Waals surface area contributed by atoms with Gasteiger partial charge in [0.25, 0.3) is 5.91 Å². The van der Waals surface area contributed by atoms with Crippen LogP contribution in [0.1, 0.15) is 13.8 Å². The number of carbonyl (C=O) groups excluding carboxylic acids is 2. The van der Waals surface area contributed by atoms with E-state index in [4.69, 9.17) is 4.74 Å². The number of hydrogen-bond donors (Lipinski definition) is 2. The van der Waals surface area contributed by atoms with Crippen LogP contribution in [-0.4, -0.2) is 30.8 Å². The van der Waals surface area contributed by atoms with E-state index in [1.54, 1.807) is 24.3 Å². The molecule has 0 bridgehead atoms. The fourth-order valence-electron chi connectivity index (χ4n) is 1.64. The lowest BCUT2D eigenvalue weighted by Crippen LogP contribution is -2.38. The zero-order valence-electron chi connectivity index (χ0n) is 10.8. The third kappa shape index (κ3) is 3.61. The second-order valence-corrected chi connectivity index (χ2v) is 4.48. The Bertz CT molecular complexity index is 470. The van der Waals surface area contributed by atoms with E-state index in [2.05, 4.69) is 15.4 Å². The van der Waals surface area contributed by atoms with E-state index < -0.39 is 12.1 Å². The average molecular weight is 264 g/mol. The van der Waals surface area contributed by atoms with Gasteiger partial charge in [-0.1, -0.05) is 0 Å². The molecule has 6 nitrogen and oxygen atoms in total. The number of ether oxygens (including phenoxy) is 2. The van der Waals surface area contributed by atoms with Gasteiger partial charge in [-0.3, -0.25) is 4.79 Å². The van der Waals surface area contributed by atoms with Crippen LogP contribution in [0.4, 0.5) is 10.5 Å². The molecule has 1 heterocycles. The fraction of sp³-hybridized carbons (Fsp3) is 0.385. The standard InChI is InChI=1S/C13H16N2O4/c1-8(2)19-10-5-3-9(4-6-10)14-12(16)11-7-18-13(17)15-11/h3-6,8,11H,7H2,1-2H3,(H,14,16)(H,15,17). The van der Waals surface area contributed by atoms with Crippen molar-refractivity contribution in [2.75, 3.05) is 11.9 Å². The highest BCUT2D eigenvalue weighted by Crippen LogP contribution is 2.17. The number of amides is 2. The van der Waals surface area contributed by atoms with E-state index in [1.807, 2.05) is 13.8 Å². The minimum Gasteiger partial charge on any atom is -0.491 e. The molecule has 0 aromatic heterocycles. The zero-order chi connectivity index (χ0) is 13.8. The van der Waals surface area contributed by atoms with Gasteiger partial charge in [0.15, 0.2) is 0 Å². The van der Waals surface area contributed by atoms with Crippen LogP contribution in [0.2, 0.25) is 0 Å². The lowest BCUT2D eigenvalue weighted by molar-refractivity contribution is -0.117. The normalized spacial score (nSPS) is 17.8. The summed E-state index contributed by atoms with van der Waals surface area (Å²) in [5.41, 5.74) is 0.641. The van der Waals surface area contributed by atoms with Crippen molar-refractivity contribution in [3.05, 3.63) is 24.3 Å². The molecular weight excluding hydrogens is 248 g/mol. The largest absolute Gasteiger partial charge is 0.491 e. The second kappa shape index (κ2) is 5.60. The van der Waals surface area contributed by atoms with Crippen LogP contribution in [0.25, 0.3) is 0 Å². The molecule has 1 aromatic carbocycles. The zero-order valence-corrected chi connectivity index (χ0v) is 10.8. The van der Waals surface area contributed by atoms with Crippen LogP contribution in [0, 0.1) is 0 Å². The van der Waals surface area contributed by atoms with Crippen molar-refractivity contribution in [3.63, 3.8) is 0 Å². The minimum atomic E-state index is -0.640. The average Bonchev–Trinajstić information content (AvgIpc) is 2.78. The predicted molar refractivity (Wildman–Crippen MR) is 69.1 cm³/mol. The van der Waals surface area contributed by atoms with Crippen LogP contribution in [0.15, 0.2) is 24.3 Å². The number of rotatable bonds is 4. The van der Waals surface area contributed by atoms with Crippen molar-refractivity contribution < 1.29 is 19.1 Å². The van der Waals surface area contributed by atoms with Crippen molar-refractivity contribution in [2.45, 2.75) is 26.0 Å². The molecular formula is C13H16N2O4. The Morgan fingerprint density at radius 3 is 2.63 bits per heavy atom. The van der Waals surface area contributed by atoms with Gasteiger partial charge in [0.2, 0.25) is 0 Å². The Morgan fingerprint density at radius 1 is 1.42 bits per heavy atom. The highest BCUT2D eigenvalue weighted by molar-refractivity contribution is 5.97. The Kier molecular flexibility index (Phi) is 3.89. The maximum atomic E-state index is 11.8. The first-order valence-electron chi connectivity index (χ1n) is 6.05. The summed E-state index contributed by atoms with van der Waals surface area (Å²) < 4.78 is 10.2. The summed E-state index contributed by atoms with van der Waals surface area (Å²) in [6.07, 6.45) is -0.466. The van der Waals surface area contributed by atoms with Crippen LogP contribution < -0.4 is 15.4 Å². The van der Waals surface area contributed by atoms with Crippen LogP contribution >= 0.6 is 0 Å². The number of carbonyl (C=O) groups is 2. The van der Waals surface area contributed by atoms with Gasteiger partial charge in [-0.25, -0.2) is 4.79 Å². The smallest absolute Gasteiger partial charge is 0.407 e. The minimum absolute atomic E-state index is 0.0548. The van der Waals surface area contributed by atoms with Gasteiger partial charge in [-0.15, -0.1) is 0 Å². The fourth-order valence-corrected chi connectivity index (χ4v) is 1.64. The monoisotopic (exact) mass is 264 g/mol. The number of benzene rings is 1. The first-order valence-corrected chi connectivity index (χ1v) is 6.05. The van der Waals surface area contributed by atoms with Crippen LogP contribution in [-0.2, 0) is 9.53 Å². The van der Waals surface area contributed by atoms with E-state index in [9.17, 15) is 9.59 Å². The topological polar surface area (TPSA) is 76.7 Å². The summed E-state index contributed by atoms with van der Waals surface area (Å²) in [6.45, 7) is 3.94. The predicted octanol–water partition coefficient (Wildman–Crippen LogP) is 1.52. The molecule has 2 amide bonds. The first-order chi connectivity index (χ1) is 9.04. The van der Waals surface area contributed by atoms with E-state index in [0.29, 0.717) is 5.69 Å². The maximum Gasteiger partial charge on any atom is 0.407 e. The molecule has 1 aliphatic heterocycles. The third-order valence-corrected chi connectivity index (χ3v) is 2.48. The number of cyclic esters (lactones) is 1. The van der Waals surface area contributed by atoms with E-state index >= 15 is 0 Å². The van der Waals surface area contributed by atoms with Gasteiger partial charge in [0.1, 0.15) is 18.4 Å². The number of nitrogens with one attached hydrogen (secondary N) is 2. The Hall–Kier alpha value is -2.24. The first kappa shape index (κ1) is 13.2. The SMILES string of the molecule is CC(C)Oc1ccc(NC(=O)C2COC(=O)N2)cc1. The molecule has 0 saturated carbocycles. The van der Waals surface area contributed by atoms with Gasteiger partial charge >= 0.3 is 6.09 Å². The molecule has 1 aromatic rings. The molecule has 1 fully saturated rings. The summed E-state index contributed by atoms with van der Waals surface area (Å²) in [4.78, 5) is 22.6. The molecule has 0 aliphatic carbocycles. The Morgan fingerprint density at radius 2 is 2.11 bits per heavy atom. The Labute approximate surface area is 111 Å². The Balaban J connectivity index is 1.92. The van der Waals surface area contributed by atoms with Gasteiger partial charge in [0.05, 0.1) is 6.10 Å². The molecule has 1 unspecified atom stereocenters. The van der Waals surface area contributed by atoms with Crippen molar-refractivity contribution >= 4 is 17.7 Å². The van der Waals surface area contributed by atoms with Gasteiger partial charge in [0, 0.05) is 5.69 Å². The summed E-state index contributed by atoms with van der Waals surface area (Å²) in [5, 5.41) is 5.11. The maximum absolute atomic E-state index is 11.8. The molecule has 2 rings (SSSR count). The van der Waals surface area contributed by atoms with E-state index in [1.165, 1.54) is 0 Å². The highest BCUT2D eigenvalue weighted by atomic mass is 16.6. The molecule has 1 aliphatic rings. The van der Waals surface area contributed by atoms with Crippen molar-refractivity contribution in [3.8, 4) is 5.75 Å². The number of alkyl carbamates (subject to hydrolysis) is 1. The van der Waals surface area contributed by atoms with Gasteiger partial charge in [-0.05, 0) is 38.1 Å². The summed E-state index contributed by atoms with van der Waals surface area (Å²) in [7, 11) is 0. The van der Waals surface area contributed by atoms with E-state index in [-0.39, 0.29) is 18.6 Å². The highest BCUT2D eigenvalue weighted by Gasteiger charge is 2.28. The van der Waals surface area contributed by atoms with Crippen molar-refractivity contribution in [2.24, 2.45) is 0 Å². The lowest BCUT2D eigenvalue weighted by atomic mass is 10.2. The summed E-state index contributed by atoms with van der Waals surface area (Å²) in [5.74, 6) is 0.439. The molecule has 2 N–H and O–H groups in total. The van der Waals surface area contributed by atoms with Crippen molar-refractivity contribution in [1.29, 1.82) is 0 Å². The van der Waals surface area contributed by atoms with Gasteiger partial charge in [-0.2, -0.15) is 0 Å². The molecule has 102 valence electrons. The van der Waals surface area contributed by atoms with Crippen LogP contribution in [0.3, 0.4) is 0 Å². The number of hydrogen-bond acceptors (Lipinski definition) is 4.